The van der Waals surface area contributed by atoms with Crippen LogP contribution in [0, 0.1) is 6.92 Å². The molecule has 0 saturated carbocycles. The van der Waals surface area contributed by atoms with E-state index in [4.69, 9.17) is 4.74 Å². The molecule has 1 aromatic heterocycles. The van der Waals surface area contributed by atoms with Crippen molar-refractivity contribution in [3.8, 4) is 0 Å². The SMILES string of the molecule is Cc1ccc2ccnc(N3CCOCC3)c2c1. The zero-order chi connectivity index (χ0) is 11.7. The van der Waals surface area contributed by atoms with Crippen LogP contribution >= 0.6 is 0 Å². The van der Waals surface area contributed by atoms with Gasteiger partial charge in [0.05, 0.1) is 13.2 Å². The second-order valence-corrected chi connectivity index (χ2v) is 4.46. The number of aryl methyl sites for hydroxylation is 1. The van der Waals surface area contributed by atoms with Crippen molar-refractivity contribution in [2.75, 3.05) is 31.2 Å². The fourth-order valence-electron chi connectivity index (χ4n) is 2.29. The molecule has 0 N–H and O–H groups in total. The van der Waals surface area contributed by atoms with Gasteiger partial charge >= 0.3 is 0 Å². The molecule has 0 amide bonds. The van der Waals surface area contributed by atoms with Gasteiger partial charge in [0.1, 0.15) is 5.82 Å². The summed E-state index contributed by atoms with van der Waals surface area (Å²) in [6.45, 7) is 5.57. The first-order valence-corrected chi connectivity index (χ1v) is 6.03. The molecule has 2 aromatic rings. The lowest BCUT2D eigenvalue weighted by molar-refractivity contribution is 0.122. The number of aromatic nitrogens is 1. The molecule has 3 heteroatoms. The topological polar surface area (TPSA) is 25.4 Å². The van der Waals surface area contributed by atoms with Gasteiger partial charge in [-0.2, -0.15) is 0 Å². The minimum Gasteiger partial charge on any atom is -0.378 e. The normalized spacial score (nSPS) is 16.4. The van der Waals surface area contributed by atoms with E-state index in [2.05, 4.69) is 41.1 Å². The molecule has 0 atom stereocenters. The minimum absolute atomic E-state index is 0.796. The van der Waals surface area contributed by atoms with Crippen molar-refractivity contribution < 1.29 is 4.74 Å². The number of benzene rings is 1. The van der Waals surface area contributed by atoms with E-state index in [-0.39, 0.29) is 0 Å². The predicted molar refractivity (Wildman–Crippen MR) is 69.5 cm³/mol. The summed E-state index contributed by atoms with van der Waals surface area (Å²) >= 11 is 0. The van der Waals surface area contributed by atoms with Gasteiger partial charge in [0.2, 0.25) is 0 Å². The summed E-state index contributed by atoms with van der Waals surface area (Å²) in [6.07, 6.45) is 1.89. The predicted octanol–water partition coefficient (Wildman–Crippen LogP) is 2.38. The summed E-state index contributed by atoms with van der Waals surface area (Å²) in [5, 5.41) is 2.50. The van der Waals surface area contributed by atoms with Crippen LogP contribution < -0.4 is 4.90 Å². The molecule has 1 fully saturated rings. The number of hydrogen-bond acceptors (Lipinski definition) is 3. The minimum atomic E-state index is 0.796. The molecule has 2 heterocycles. The zero-order valence-electron chi connectivity index (χ0n) is 10.0. The molecule has 1 aliphatic rings. The molecule has 0 bridgehead atoms. The molecule has 0 spiro atoms. The van der Waals surface area contributed by atoms with Crippen molar-refractivity contribution in [2.45, 2.75) is 6.92 Å². The van der Waals surface area contributed by atoms with Crippen LogP contribution in [-0.2, 0) is 4.74 Å². The van der Waals surface area contributed by atoms with Crippen molar-refractivity contribution in [2.24, 2.45) is 0 Å². The second-order valence-electron chi connectivity index (χ2n) is 4.46. The Hall–Kier alpha value is -1.61. The van der Waals surface area contributed by atoms with Crippen LogP contribution in [0.1, 0.15) is 5.56 Å². The first kappa shape index (κ1) is 10.5. The van der Waals surface area contributed by atoms with Gasteiger partial charge in [0, 0.05) is 24.7 Å². The third kappa shape index (κ3) is 1.98. The molecule has 17 heavy (non-hydrogen) atoms. The fraction of sp³-hybridized carbons (Fsp3) is 0.357. The third-order valence-corrected chi connectivity index (χ3v) is 3.21. The number of fused-ring (bicyclic) bond motifs is 1. The zero-order valence-corrected chi connectivity index (χ0v) is 10.0. The Morgan fingerprint density at radius 1 is 1.18 bits per heavy atom. The monoisotopic (exact) mass is 228 g/mol. The Morgan fingerprint density at radius 2 is 2.00 bits per heavy atom. The Morgan fingerprint density at radius 3 is 2.82 bits per heavy atom. The summed E-state index contributed by atoms with van der Waals surface area (Å²) in [5.74, 6) is 1.09. The Labute approximate surface area is 101 Å². The highest BCUT2D eigenvalue weighted by Gasteiger charge is 2.14. The lowest BCUT2D eigenvalue weighted by Crippen LogP contribution is -2.36. The molecule has 88 valence electrons. The Balaban J connectivity index is 2.11. The van der Waals surface area contributed by atoms with Crippen LogP contribution in [0.2, 0.25) is 0 Å². The molecule has 0 unspecified atom stereocenters. The lowest BCUT2D eigenvalue weighted by atomic mass is 10.1. The van der Waals surface area contributed by atoms with Crippen LogP contribution in [0.3, 0.4) is 0 Å². The van der Waals surface area contributed by atoms with Crippen molar-refractivity contribution in [1.29, 1.82) is 0 Å². The van der Waals surface area contributed by atoms with Gasteiger partial charge in [0.25, 0.3) is 0 Å². The molecule has 1 saturated heterocycles. The van der Waals surface area contributed by atoms with Crippen molar-refractivity contribution >= 4 is 16.6 Å². The molecule has 1 aliphatic heterocycles. The highest BCUT2D eigenvalue weighted by Crippen LogP contribution is 2.25. The molecule has 0 radical (unpaired) electrons. The van der Waals surface area contributed by atoms with Crippen LogP contribution in [0.4, 0.5) is 5.82 Å². The quantitative estimate of drug-likeness (QED) is 0.749. The molecular weight excluding hydrogens is 212 g/mol. The van der Waals surface area contributed by atoms with E-state index in [1.807, 2.05) is 6.20 Å². The van der Waals surface area contributed by atoms with Crippen LogP contribution in [-0.4, -0.2) is 31.3 Å². The summed E-state index contributed by atoms with van der Waals surface area (Å²) in [4.78, 5) is 6.85. The molecule has 3 rings (SSSR count). The van der Waals surface area contributed by atoms with Gasteiger partial charge in [-0.05, 0) is 24.4 Å². The van der Waals surface area contributed by atoms with Gasteiger partial charge in [-0.25, -0.2) is 4.98 Å². The number of morpholine rings is 1. The number of pyridine rings is 1. The van der Waals surface area contributed by atoms with Crippen LogP contribution in [0.5, 0.6) is 0 Å². The first-order chi connectivity index (χ1) is 8.34. The highest BCUT2D eigenvalue weighted by atomic mass is 16.5. The van der Waals surface area contributed by atoms with E-state index in [1.165, 1.54) is 16.3 Å². The van der Waals surface area contributed by atoms with Crippen LogP contribution in [0.15, 0.2) is 30.5 Å². The maximum absolute atomic E-state index is 5.39. The number of anilines is 1. The average molecular weight is 228 g/mol. The number of nitrogens with zero attached hydrogens (tertiary/aromatic N) is 2. The van der Waals surface area contributed by atoms with Gasteiger partial charge < -0.3 is 9.64 Å². The number of rotatable bonds is 1. The maximum atomic E-state index is 5.39. The van der Waals surface area contributed by atoms with Crippen LogP contribution in [0.25, 0.3) is 10.8 Å². The third-order valence-electron chi connectivity index (χ3n) is 3.21. The standard InChI is InChI=1S/C14H16N2O/c1-11-2-3-12-4-5-15-14(13(12)10-11)16-6-8-17-9-7-16/h2-5,10H,6-9H2,1H3. The number of hydrogen-bond donors (Lipinski definition) is 0. The summed E-state index contributed by atoms with van der Waals surface area (Å²) in [6, 6.07) is 8.59. The van der Waals surface area contributed by atoms with E-state index in [9.17, 15) is 0 Å². The second kappa shape index (κ2) is 4.34. The summed E-state index contributed by atoms with van der Waals surface area (Å²) < 4.78 is 5.39. The Kier molecular flexibility index (Phi) is 2.69. The van der Waals surface area contributed by atoms with Crippen molar-refractivity contribution in [1.82, 2.24) is 4.98 Å². The van der Waals surface area contributed by atoms with Gasteiger partial charge in [0.15, 0.2) is 0 Å². The fourth-order valence-corrected chi connectivity index (χ4v) is 2.29. The highest BCUT2D eigenvalue weighted by molar-refractivity contribution is 5.92. The molecule has 3 nitrogen and oxygen atoms in total. The van der Waals surface area contributed by atoms with E-state index >= 15 is 0 Å². The van der Waals surface area contributed by atoms with E-state index in [0.717, 1.165) is 32.1 Å². The van der Waals surface area contributed by atoms with E-state index < -0.39 is 0 Å². The molecular formula is C14H16N2O. The van der Waals surface area contributed by atoms with Crippen molar-refractivity contribution in [3.63, 3.8) is 0 Å². The molecule has 1 aromatic carbocycles. The smallest absolute Gasteiger partial charge is 0.136 e. The number of ether oxygens (including phenoxy) is 1. The lowest BCUT2D eigenvalue weighted by Gasteiger charge is -2.28. The first-order valence-electron chi connectivity index (χ1n) is 6.03. The van der Waals surface area contributed by atoms with E-state index in [1.54, 1.807) is 0 Å². The van der Waals surface area contributed by atoms with Gasteiger partial charge in [-0.1, -0.05) is 17.7 Å². The van der Waals surface area contributed by atoms with Gasteiger partial charge in [-0.3, -0.25) is 0 Å². The van der Waals surface area contributed by atoms with E-state index in [0.29, 0.717) is 0 Å². The largest absolute Gasteiger partial charge is 0.378 e. The van der Waals surface area contributed by atoms with Crippen molar-refractivity contribution in [3.05, 3.63) is 36.0 Å². The summed E-state index contributed by atoms with van der Waals surface area (Å²) in [5.41, 5.74) is 1.28. The Bertz CT molecular complexity index is 533. The maximum Gasteiger partial charge on any atom is 0.136 e. The van der Waals surface area contributed by atoms with Gasteiger partial charge in [-0.15, -0.1) is 0 Å². The molecule has 0 aliphatic carbocycles. The average Bonchev–Trinajstić information content (AvgIpc) is 2.39. The summed E-state index contributed by atoms with van der Waals surface area (Å²) in [7, 11) is 0.